The zero-order valence-electron chi connectivity index (χ0n) is 11.9. The molecule has 0 amide bonds. The molecule has 1 heterocycles. The second kappa shape index (κ2) is 7.26. The van der Waals surface area contributed by atoms with E-state index < -0.39 is 0 Å². The minimum Gasteiger partial charge on any atom is -0.492 e. The van der Waals surface area contributed by atoms with Gasteiger partial charge in [0.25, 0.3) is 0 Å². The molecule has 1 unspecified atom stereocenters. The highest BCUT2D eigenvalue weighted by atomic mass is 79.9. The van der Waals surface area contributed by atoms with Crippen molar-refractivity contribution in [3.63, 3.8) is 0 Å². The summed E-state index contributed by atoms with van der Waals surface area (Å²) in [6, 6.07) is 7.23. The summed E-state index contributed by atoms with van der Waals surface area (Å²) in [6.45, 7) is 2.41. The normalized spacial score (nSPS) is 12.4. The monoisotopic (exact) mass is 372 g/mol. The van der Waals surface area contributed by atoms with Gasteiger partial charge in [-0.2, -0.15) is 5.10 Å². The maximum atomic E-state index is 5.84. The summed E-state index contributed by atoms with van der Waals surface area (Å²) in [5.74, 6) is 6.38. The highest BCUT2D eigenvalue weighted by molar-refractivity contribution is 9.10. The SMILES string of the molecule is Cc1nn(C)c(CC(COc2ccc(Cl)cc2)NN)c1Br. The predicted octanol–water partition coefficient (Wildman–Crippen LogP) is 2.60. The van der Waals surface area contributed by atoms with E-state index in [-0.39, 0.29) is 6.04 Å². The molecule has 1 atom stereocenters. The molecule has 0 radical (unpaired) electrons. The summed E-state index contributed by atoms with van der Waals surface area (Å²) in [7, 11) is 1.92. The van der Waals surface area contributed by atoms with Crippen molar-refractivity contribution in [1.82, 2.24) is 15.2 Å². The number of aryl methyl sites for hydroxylation is 2. The Labute approximate surface area is 137 Å². The van der Waals surface area contributed by atoms with Crippen molar-refractivity contribution in [3.8, 4) is 5.75 Å². The average molecular weight is 374 g/mol. The lowest BCUT2D eigenvalue weighted by molar-refractivity contribution is 0.262. The van der Waals surface area contributed by atoms with Crippen LogP contribution in [0.5, 0.6) is 5.75 Å². The van der Waals surface area contributed by atoms with Crippen LogP contribution in [0.25, 0.3) is 0 Å². The smallest absolute Gasteiger partial charge is 0.119 e. The number of hydrogen-bond acceptors (Lipinski definition) is 4. The Morgan fingerprint density at radius 1 is 1.43 bits per heavy atom. The second-order valence-corrected chi connectivity index (χ2v) is 6.03. The predicted molar refractivity (Wildman–Crippen MR) is 87.4 cm³/mol. The summed E-state index contributed by atoms with van der Waals surface area (Å²) in [5, 5.41) is 5.06. The molecule has 114 valence electrons. The van der Waals surface area contributed by atoms with Crippen LogP contribution in [0.15, 0.2) is 28.7 Å². The van der Waals surface area contributed by atoms with Crippen LogP contribution in [0.2, 0.25) is 5.02 Å². The topological polar surface area (TPSA) is 65.1 Å². The molecule has 0 bridgehead atoms. The van der Waals surface area contributed by atoms with Crippen molar-refractivity contribution in [2.24, 2.45) is 12.9 Å². The third-order valence-electron chi connectivity index (χ3n) is 3.20. The van der Waals surface area contributed by atoms with Crippen LogP contribution in [0.3, 0.4) is 0 Å². The number of nitrogens with zero attached hydrogens (tertiary/aromatic N) is 2. The van der Waals surface area contributed by atoms with Gasteiger partial charge in [-0.15, -0.1) is 0 Å². The number of nitrogens with two attached hydrogens (primary N) is 1. The fourth-order valence-corrected chi connectivity index (χ4v) is 2.65. The number of nitrogens with one attached hydrogen (secondary N) is 1. The zero-order chi connectivity index (χ0) is 15.4. The number of hydrogen-bond donors (Lipinski definition) is 2. The first-order chi connectivity index (χ1) is 10.0. The minimum absolute atomic E-state index is 0.0215. The van der Waals surface area contributed by atoms with E-state index in [2.05, 4.69) is 26.5 Å². The van der Waals surface area contributed by atoms with Crippen molar-refractivity contribution >= 4 is 27.5 Å². The van der Waals surface area contributed by atoms with Crippen molar-refractivity contribution in [3.05, 3.63) is 45.1 Å². The summed E-state index contributed by atoms with van der Waals surface area (Å²) in [5.41, 5.74) is 4.82. The fraction of sp³-hybridized carbons (Fsp3) is 0.357. The second-order valence-electron chi connectivity index (χ2n) is 4.80. The molecule has 21 heavy (non-hydrogen) atoms. The lowest BCUT2D eigenvalue weighted by Crippen LogP contribution is -2.41. The molecule has 0 aliphatic carbocycles. The van der Waals surface area contributed by atoms with Gasteiger partial charge in [0.05, 0.1) is 21.9 Å². The largest absolute Gasteiger partial charge is 0.492 e. The van der Waals surface area contributed by atoms with Gasteiger partial charge in [0.1, 0.15) is 12.4 Å². The van der Waals surface area contributed by atoms with Crippen molar-refractivity contribution in [1.29, 1.82) is 0 Å². The number of benzene rings is 1. The zero-order valence-corrected chi connectivity index (χ0v) is 14.3. The van der Waals surface area contributed by atoms with E-state index in [1.165, 1.54) is 0 Å². The fourth-order valence-electron chi connectivity index (χ4n) is 2.03. The first-order valence-electron chi connectivity index (χ1n) is 6.53. The highest BCUT2D eigenvalue weighted by Crippen LogP contribution is 2.22. The Morgan fingerprint density at radius 3 is 2.62 bits per heavy atom. The van der Waals surface area contributed by atoms with Gasteiger partial charge < -0.3 is 4.74 Å². The van der Waals surface area contributed by atoms with Gasteiger partial charge in [0, 0.05) is 18.5 Å². The van der Waals surface area contributed by atoms with Gasteiger partial charge in [-0.05, 0) is 47.1 Å². The molecule has 0 saturated heterocycles. The van der Waals surface area contributed by atoms with E-state index in [0.29, 0.717) is 18.1 Å². The molecule has 0 aliphatic rings. The summed E-state index contributed by atoms with van der Waals surface area (Å²) < 4.78 is 8.59. The van der Waals surface area contributed by atoms with Gasteiger partial charge in [-0.1, -0.05) is 11.6 Å². The number of hydrazine groups is 1. The Bertz CT molecular complexity index is 600. The van der Waals surface area contributed by atoms with Gasteiger partial charge in [0.2, 0.25) is 0 Å². The molecule has 0 saturated carbocycles. The van der Waals surface area contributed by atoms with Crippen LogP contribution in [0.4, 0.5) is 0 Å². The van der Waals surface area contributed by atoms with Gasteiger partial charge in [-0.25, -0.2) is 0 Å². The summed E-state index contributed by atoms with van der Waals surface area (Å²) in [6.07, 6.45) is 0.710. The Hall–Kier alpha value is -1.08. The summed E-state index contributed by atoms with van der Waals surface area (Å²) in [4.78, 5) is 0. The van der Waals surface area contributed by atoms with E-state index in [1.807, 2.05) is 30.8 Å². The number of rotatable bonds is 6. The average Bonchev–Trinajstić information content (AvgIpc) is 2.71. The van der Waals surface area contributed by atoms with Gasteiger partial charge in [0.15, 0.2) is 0 Å². The third-order valence-corrected chi connectivity index (χ3v) is 4.49. The molecule has 0 spiro atoms. The van der Waals surface area contributed by atoms with Crippen LogP contribution < -0.4 is 16.0 Å². The van der Waals surface area contributed by atoms with E-state index >= 15 is 0 Å². The van der Waals surface area contributed by atoms with Gasteiger partial charge >= 0.3 is 0 Å². The molecule has 7 heteroatoms. The number of halogens is 2. The highest BCUT2D eigenvalue weighted by Gasteiger charge is 2.16. The molecule has 1 aromatic heterocycles. The van der Waals surface area contributed by atoms with Crippen LogP contribution in [0, 0.1) is 6.92 Å². The number of aromatic nitrogens is 2. The Kier molecular flexibility index (Phi) is 5.64. The molecular formula is C14H18BrClN4O. The molecule has 2 aromatic rings. The molecule has 3 N–H and O–H groups in total. The van der Waals surface area contributed by atoms with E-state index in [0.717, 1.165) is 21.6 Å². The molecule has 2 rings (SSSR count). The van der Waals surface area contributed by atoms with E-state index in [1.54, 1.807) is 12.1 Å². The van der Waals surface area contributed by atoms with E-state index in [9.17, 15) is 0 Å². The summed E-state index contributed by atoms with van der Waals surface area (Å²) >= 11 is 9.40. The van der Waals surface area contributed by atoms with Gasteiger partial charge in [-0.3, -0.25) is 16.0 Å². The molecule has 5 nitrogen and oxygen atoms in total. The quantitative estimate of drug-likeness (QED) is 0.603. The van der Waals surface area contributed by atoms with Crippen LogP contribution in [0.1, 0.15) is 11.4 Å². The van der Waals surface area contributed by atoms with Crippen LogP contribution in [-0.2, 0) is 13.5 Å². The Balaban J connectivity index is 1.98. The maximum Gasteiger partial charge on any atom is 0.119 e. The standard InChI is InChI=1S/C14H18BrClN4O/c1-9-14(15)13(20(2)19-9)7-11(18-17)8-21-12-5-3-10(16)4-6-12/h3-6,11,18H,7-8,17H2,1-2H3. The number of ether oxygens (including phenoxy) is 1. The first kappa shape index (κ1) is 16.3. The van der Waals surface area contributed by atoms with Crippen molar-refractivity contribution < 1.29 is 4.74 Å². The third kappa shape index (κ3) is 4.20. The van der Waals surface area contributed by atoms with E-state index in [4.69, 9.17) is 22.2 Å². The molecule has 0 aliphatic heterocycles. The van der Waals surface area contributed by atoms with Crippen molar-refractivity contribution in [2.45, 2.75) is 19.4 Å². The lowest BCUT2D eigenvalue weighted by Gasteiger charge is -2.17. The maximum absolute atomic E-state index is 5.84. The Morgan fingerprint density at radius 2 is 2.10 bits per heavy atom. The minimum atomic E-state index is -0.0215. The molecule has 1 aromatic carbocycles. The molecular weight excluding hydrogens is 356 g/mol. The van der Waals surface area contributed by atoms with Crippen LogP contribution in [-0.4, -0.2) is 22.4 Å². The van der Waals surface area contributed by atoms with Crippen molar-refractivity contribution in [2.75, 3.05) is 6.61 Å². The molecule has 0 fully saturated rings. The lowest BCUT2D eigenvalue weighted by atomic mass is 10.1. The van der Waals surface area contributed by atoms with Crippen LogP contribution >= 0.6 is 27.5 Å². The first-order valence-corrected chi connectivity index (χ1v) is 7.70.